The van der Waals surface area contributed by atoms with Crippen molar-refractivity contribution in [1.29, 1.82) is 0 Å². The first-order valence-corrected chi connectivity index (χ1v) is 7.41. The average molecular weight is 319 g/mol. The zero-order chi connectivity index (χ0) is 17.2. The number of rotatable bonds is 2. The molecule has 0 fully saturated rings. The van der Waals surface area contributed by atoms with Gasteiger partial charge in [-0.1, -0.05) is 12.1 Å². The molecule has 1 aromatic rings. The Bertz CT molecular complexity index is 657. The SMILES string of the molecule is CC(C)(C)OC(=O)N1CC=C(c2ccc(O)c(C(=O)O)c2)CC1. The van der Waals surface area contributed by atoms with Crippen LogP contribution in [0.5, 0.6) is 5.75 Å². The van der Waals surface area contributed by atoms with Crippen LogP contribution in [0.15, 0.2) is 24.3 Å². The Morgan fingerprint density at radius 1 is 1.26 bits per heavy atom. The molecule has 124 valence electrons. The van der Waals surface area contributed by atoms with Gasteiger partial charge in [-0.15, -0.1) is 0 Å². The molecule has 0 atom stereocenters. The van der Waals surface area contributed by atoms with Crippen LogP contribution in [0.2, 0.25) is 0 Å². The zero-order valence-corrected chi connectivity index (χ0v) is 13.5. The van der Waals surface area contributed by atoms with Crippen LogP contribution in [-0.4, -0.2) is 45.9 Å². The topological polar surface area (TPSA) is 87.1 Å². The second kappa shape index (κ2) is 6.32. The number of carboxylic acid groups (broad SMARTS) is 1. The first kappa shape index (κ1) is 16.9. The number of carboxylic acids is 1. The molecule has 0 saturated carbocycles. The molecule has 0 saturated heterocycles. The van der Waals surface area contributed by atoms with Crippen molar-refractivity contribution in [3.8, 4) is 5.75 Å². The fourth-order valence-electron chi connectivity index (χ4n) is 2.33. The molecular weight excluding hydrogens is 298 g/mol. The number of aromatic hydroxyl groups is 1. The van der Waals surface area contributed by atoms with Gasteiger partial charge >= 0.3 is 12.1 Å². The van der Waals surface area contributed by atoms with E-state index >= 15 is 0 Å². The molecule has 6 heteroatoms. The summed E-state index contributed by atoms with van der Waals surface area (Å²) >= 11 is 0. The first-order valence-electron chi connectivity index (χ1n) is 7.41. The maximum atomic E-state index is 12.0. The minimum Gasteiger partial charge on any atom is -0.507 e. The molecule has 1 aromatic carbocycles. The highest BCUT2D eigenvalue weighted by molar-refractivity contribution is 5.92. The highest BCUT2D eigenvalue weighted by Gasteiger charge is 2.24. The Labute approximate surface area is 135 Å². The van der Waals surface area contributed by atoms with Gasteiger partial charge in [-0.2, -0.15) is 0 Å². The molecule has 0 bridgehead atoms. The third-order valence-corrected chi connectivity index (χ3v) is 3.46. The van der Waals surface area contributed by atoms with Crippen molar-refractivity contribution < 1.29 is 24.5 Å². The van der Waals surface area contributed by atoms with Gasteiger partial charge in [-0.25, -0.2) is 9.59 Å². The van der Waals surface area contributed by atoms with Crippen LogP contribution < -0.4 is 0 Å². The summed E-state index contributed by atoms with van der Waals surface area (Å²) in [5, 5.41) is 18.6. The molecule has 1 aliphatic heterocycles. The predicted molar refractivity (Wildman–Crippen MR) is 85.5 cm³/mol. The highest BCUT2D eigenvalue weighted by atomic mass is 16.6. The maximum Gasteiger partial charge on any atom is 0.410 e. The van der Waals surface area contributed by atoms with E-state index in [0.717, 1.165) is 11.1 Å². The van der Waals surface area contributed by atoms with Crippen LogP contribution in [0, 0.1) is 0 Å². The smallest absolute Gasteiger partial charge is 0.410 e. The minimum atomic E-state index is -1.17. The van der Waals surface area contributed by atoms with Gasteiger partial charge < -0.3 is 19.8 Å². The molecule has 0 aromatic heterocycles. The molecule has 0 spiro atoms. The lowest BCUT2D eigenvalue weighted by Gasteiger charge is -2.29. The minimum absolute atomic E-state index is 0.127. The van der Waals surface area contributed by atoms with E-state index in [2.05, 4.69) is 0 Å². The number of carbonyl (C=O) groups is 2. The Balaban J connectivity index is 2.12. The van der Waals surface area contributed by atoms with Gasteiger partial charge in [0.15, 0.2) is 0 Å². The summed E-state index contributed by atoms with van der Waals surface area (Å²) in [6.45, 7) is 6.37. The Kier molecular flexibility index (Phi) is 4.63. The molecule has 2 N–H and O–H groups in total. The number of ether oxygens (including phenoxy) is 1. The molecule has 2 rings (SSSR count). The maximum absolute atomic E-state index is 12.0. The second-order valence-corrected chi connectivity index (χ2v) is 6.44. The average Bonchev–Trinajstić information content (AvgIpc) is 2.46. The molecule has 23 heavy (non-hydrogen) atoms. The summed E-state index contributed by atoms with van der Waals surface area (Å²) < 4.78 is 5.33. The summed E-state index contributed by atoms with van der Waals surface area (Å²) in [4.78, 5) is 24.7. The number of amides is 1. The van der Waals surface area contributed by atoms with E-state index in [4.69, 9.17) is 9.84 Å². The fraction of sp³-hybridized carbons (Fsp3) is 0.412. The number of phenols is 1. The quantitative estimate of drug-likeness (QED) is 0.874. The fourth-order valence-corrected chi connectivity index (χ4v) is 2.33. The summed E-state index contributed by atoms with van der Waals surface area (Å²) in [7, 11) is 0. The molecule has 0 unspecified atom stereocenters. The highest BCUT2D eigenvalue weighted by Crippen LogP contribution is 2.27. The Hall–Kier alpha value is -2.50. The lowest BCUT2D eigenvalue weighted by atomic mass is 9.97. The van der Waals surface area contributed by atoms with E-state index in [1.165, 1.54) is 12.1 Å². The van der Waals surface area contributed by atoms with Crippen molar-refractivity contribution in [3.63, 3.8) is 0 Å². The summed E-state index contributed by atoms with van der Waals surface area (Å²) in [6, 6.07) is 4.50. The van der Waals surface area contributed by atoms with Gasteiger partial charge in [0.05, 0.1) is 0 Å². The lowest BCUT2D eigenvalue weighted by Crippen LogP contribution is -2.39. The number of aromatic carboxylic acids is 1. The van der Waals surface area contributed by atoms with E-state index in [0.29, 0.717) is 19.5 Å². The van der Waals surface area contributed by atoms with Crippen molar-refractivity contribution in [2.75, 3.05) is 13.1 Å². The molecule has 1 heterocycles. The van der Waals surface area contributed by atoms with E-state index < -0.39 is 11.6 Å². The van der Waals surface area contributed by atoms with Gasteiger partial charge in [-0.3, -0.25) is 0 Å². The number of hydrogen-bond donors (Lipinski definition) is 2. The van der Waals surface area contributed by atoms with Gasteiger partial charge in [0.25, 0.3) is 0 Å². The number of nitrogens with zero attached hydrogens (tertiary/aromatic N) is 1. The molecule has 1 amide bonds. The van der Waals surface area contributed by atoms with Gasteiger partial charge in [0, 0.05) is 13.1 Å². The summed E-state index contributed by atoms with van der Waals surface area (Å²) in [5.41, 5.74) is 1.03. The summed E-state index contributed by atoms with van der Waals surface area (Å²) in [5.74, 6) is -1.43. The number of hydrogen-bond acceptors (Lipinski definition) is 4. The third kappa shape index (κ3) is 4.25. The van der Waals surface area contributed by atoms with Crippen molar-refractivity contribution in [1.82, 2.24) is 4.90 Å². The monoisotopic (exact) mass is 319 g/mol. The Morgan fingerprint density at radius 2 is 1.96 bits per heavy atom. The van der Waals surface area contributed by atoms with Gasteiger partial charge in [0.1, 0.15) is 16.9 Å². The standard InChI is InChI=1S/C17H21NO5/c1-17(2,3)23-16(22)18-8-6-11(7-9-18)12-4-5-14(19)13(10-12)15(20)21/h4-6,10,19H,7-9H2,1-3H3,(H,20,21). The van der Waals surface area contributed by atoms with Crippen LogP contribution in [0.1, 0.15) is 43.1 Å². The summed E-state index contributed by atoms with van der Waals surface area (Å²) in [6.07, 6.45) is 2.12. The van der Waals surface area contributed by atoms with Crippen LogP contribution in [-0.2, 0) is 4.74 Å². The second-order valence-electron chi connectivity index (χ2n) is 6.44. The van der Waals surface area contributed by atoms with E-state index in [1.54, 1.807) is 11.0 Å². The Morgan fingerprint density at radius 3 is 2.48 bits per heavy atom. The molecule has 0 aliphatic carbocycles. The lowest BCUT2D eigenvalue weighted by molar-refractivity contribution is 0.0270. The number of benzene rings is 1. The van der Waals surface area contributed by atoms with Gasteiger partial charge in [0.2, 0.25) is 0 Å². The predicted octanol–water partition coefficient (Wildman–Crippen LogP) is 3.11. The van der Waals surface area contributed by atoms with E-state index in [9.17, 15) is 14.7 Å². The van der Waals surface area contributed by atoms with E-state index in [-0.39, 0.29) is 17.4 Å². The van der Waals surface area contributed by atoms with Crippen molar-refractivity contribution >= 4 is 17.6 Å². The third-order valence-electron chi connectivity index (χ3n) is 3.46. The molecule has 6 nitrogen and oxygen atoms in total. The zero-order valence-electron chi connectivity index (χ0n) is 13.5. The molecule has 0 radical (unpaired) electrons. The van der Waals surface area contributed by atoms with Crippen molar-refractivity contribution in [2.45, 2.75) is 32.8 Å². The van der Waals surface area contributed by atoms with Crippen molar-refractivity contribution in [3.05, 3.63) is 35.4 Å². The normalized spacial score (nSPS) is 15.1. The van der Waals surface area contributed by atoms with Crippen LogP contribution in [0.3, 0.4) is 0 Å². The van der Waals surface area contributed by atoms with E-state index in [1.807, 2.05) is 26.8 Å². The van der Waals surface area contributed by atoms with Crippen LogP contribution in [0.4, 0.5) is 4.79 Å². The largest absolute Gasteiger partial charge is 0.507 e. The van der Waals surface area contributed by atoms with Crippen molar-refractivity contribution in [2.24, 2.45) is 0 Å². The first-order chi connectivity index (χ1) is 10.7. The molecule has 1 aliphatic rings. The molecular formula is C17H21NO5. The van der Waals surface area contributed by atoms with Crippen LogP contribution >= 0.6 is 0 Å². The van der Waals surface area contributed by atoms with Crippen LogP contribution in [0.25, 0.3) is 5.57 Å². The van der Waals surface area contributed by atoms with Gasteiger partial charge in [-0.05, 0) is 50.5 Å². The number of carbonyl (C=O) groups excluding carboxylic acids is 1.